The molecule has 160 valence electrons. The van der Waals surface area contributed by atoms with Crippen molar-refractivity contribution < 1.29 is 4.79 Å². The SMILES string of the molecule is Cc1ccc(-n2c(SC(C)C(=O)NC(C)(C#N)C(C)C)nc3ccccc3c2=O)nc1. The van der Waals surface area contributed by atoms with E-state index >= 15 is 0 Å². The zero-order chi connectivity index (χ0) is 22.8. The van der Waals surface area contributed by atoms with Crippen LogP contribution in [0.1, 0.15) is 33.3 Å². The number of hydrogen-bond donors (Lipinski definition) is 1. The molecule has 0 aliphatic carbocycles. The summed E-state index contributed by atoms with van der Waals surface area (Å²) in [4.78, 5) is 35.2. The van der Waals surface area contributed by atoms with E-state index in [1.165, 1.54) is 4.57 Å². The van der Waals surface area contributed by atoms with Crippen molar-refractivity contribution in [2.24, 2.45) is 5.92 Å². The highest BCUT2D eigenvalue weighted by Crippen LogP contribution is 2.26. The van der Waals surface area contributed by atoms with Gasteiger partial charge in [-0.3, -0.25) is 9.59 Å². The number of pyridine rings is 1. The first kappa shape index (κ1) is 22.5. The van der Waals surface area contributed by atoms with Gasteiger partial charge in [-0.15, -0.1) is 0 Å². The van der Waals surface area contributed by atoms with Gasteiger partial charge in [0, 0.05) is 6.20 Å². The second-order valence-corrected chi connectivity index (χ2v) is 9.27. The average Bonchev–Trinajstić information content (AvgIpc) is 2.74. The molecular formula is C23H25N5O2S. The highest BCUT2D eigenvalue weighted by atomic mass is 32.2. The third kappa shape index (κ3) is 4.62. The van der Waals surface area contributed by atoms with Crippen LogP contribution in [-0.2, 0) is 4.79 Å². The van der Waals surface area contributed by atoms with Crippen molar-refractivity contribution >= 4 is 28.6 Å². The summed E-state index contributed by atoms with van der Waals surface area (Å²) in [6.45, 7) is 9.11. The summed E-state index contributed by atoms with van der Waals surface area (Å²) in [5, 5.41) is 12.6. The predicted octanol–water partition coefficient (Wildman–Crippen LogP) is 3.62. The van der Waals surface area contributed by atoms with E-state index in [-0.39, 0.29) is 17.4 Å². The van der Waals surface area contributed by atoms with Crippen LogP contribution in [0.4, 0.5) is 0 Å². The van der Waals surface area contributed by atoms with E-state index in [2.05, 4.69) is 21.4 Å². The molecule has 7 nitrogen and oxygen atoms in total. The molecule has 0 saturated carbocycles. The van der Waals surface area contributed by atoms with Gasteiger partial charge in [0.1, 0.15) is 11.4 Å². The molecule has 0 bridgehead atoms. The second-order valence-electron chi connectivity index (χ2n) is 7.96. The highest BCUT2D eigenvalue weighted by Gasteiger charge is 2.32. The van der Waals surface area contributed by atoms with Crippen molar-refractivity contribution in [3.8, 4) is 11.9 Å². The molecule has 2 unspecified atom stereocenters. The van der Waals surface area contributed by atoms with Gasteiger partial charge in [0.15, 0.2) is 5.16 Å². The maximum Gasteiger partial charge on any atom is 0.267 e. The van der Waals surface area contributed by atoms with E-state index in [0.717, 1.165) is 17.3 Å². The maximum atomic E-state index is 13.3. The first-order chi connectivity index (χ1) is 14.7. The topological polar surface area (TPSA) is 101 Å². The fourth-order valence-electron chi connectivity index (χ4n) is 2.86. The minimum atomic E-state index is -0.985. The summed E-state index contributed by atoms with van der Waals surface area (Å²) in [7, 11) is 0. The van der Waals surface area contributed by atoms with Crippen LogP contribution in [0.25, 0.3) is 16.7 Å². The third-order valence-corrected chi connectivity index (χ3v) is 6.34. The molecule has 3 aromatic rings. The molecule has 0 fully saturated rings. The number of para-hydroxylation sites is 1. The number of carbonyl (C=O) groups is 1. The predicted molar refractivity (Wildman–Crippen MR) is 122 cm³/mol. The summed E-state index contributed by atoms with van der Waals surface area (Å²) < 4.78 is 1.43. The van der Waals surface area contributed by atoms with Crippen molar-refractivity contribution in [1.29, 1.82) is 5.26 Å². The van der Waals surface area contributed by atoms with Crippen LogP contribution in [0.3, 0.4) is 0 Å². The Morgan fingerprint density at radius 3 is 2.55 bits per heavy atom. The van der Waals surface area contributed by atoms with Gasteiger partial charge in [-0.2, -0.15) is 5.26 Å². The Kier molecular flexibility index (Phi) is 6.46. The Bertz CT molecular complexity index is 1210. The van der Waals surface area contributed by atoms with Crippen molar-refractivity contribution in [3.63, 3.8) is 0 Å². The van der Waals surface area contributed by atoms with E-state index in [1.54, 1.807) is 44.3 Å². The van der Waals surface area contributed by atoms with Gasteiger partial charge in [0.25, 0.3) is 5.56 Å². The number of fused-ring (bicyclic) bond motifs is 1. The van der Waals surface area contributed by atoms with E-state index in [4.69, 9.17) is 0 Å². The number of aromatic nitrogens is 3. The summed E-state index contributed by atoms with van der Waals surface area (Å²) in [5.74, 6) is 0.0777. The monoisotopic (exact) mass is 435 g/mol. The van der Waals surface area contributed by atoms with Gasteiger partial charge in [0.05, 0.1) is 22.2 Å². The maximum absolute atomic E-state index is 13.3. The van der Waals surface area contributed by atoms with Crippen LogP contribution in [0.5, 0.6) is 0 Å². The molecule has 1 amide bonds. The lowest BCUT2D eigenvalue weighted by atomic mass is 9.90. The standard InChI is InChI=1S/C23H25N5O2S/c1-14(2)23(5,13-24)27-20(29)16(4)31-22-26-18-9-7-6-8-17(18)21(30)28(22)19-11-10-15(3)12-25-19/h6-12,14,16H,1-5H3,(H,27,29). The number of aryl methyl sites for hydroxylation is 1. The molecule has 2 atom stereocenters. The molecule has 1 N–H and O–H groups in total. The molecule has 0 aliphatic rings. The van der Waals surface area contributed by atoms with Crippen LogP contribution in [0.2, 0.25) is 0 Å². The van der Waals surface area contributed by atoms with Crippen LogP contribution in [0.15, 0.2) is 52.5 Å². The summed E-state index contributed by atoms with van der Waals surface area (Å²) in [5.41, 5.74) is 0.286. The molecule has 3 rings (SSSR count). The molecule has 0 radical (unpaired) electrons. The zero-order valence-electron chi connectivity index (χ0n) is 18.2. The van der Waals surface area contributed by atoms with Crippen molar-refractivity contribution in [1.82, 2.24) is 19.9 Å². The Morgan fingerprint density at radius 2 is 1.94 bits per heavy atom. The molecule has 8 heteroatoms. The van der Waals surface area contributed by atoms with Crippen molar-refractivity contribution in [2.45, 2.75) is 50.6 Å². The number of nitrogens with zero attached hydrogens (tertiary/aromatic N) is 4. The first-order valence-corrected chi connectivity index (χ1v) is 10.9. The number of benzene rings is 1. The van der Waals surface area contributed by atoms with E-state index in [9.17, 15) is 14.9 Å². The number of amides is 1. The van der Waals surface area contributed by atoms with Gasteiger partial charge in [0.2, 0.25) is 5.91 Å². The largest absolute Gasteiger partial charge is 0.337 e. The van der Waals surface area contributed by atoms with Gasteiger partial charge >= 0.3 is 0 Å². The van der Waals surface area contributed by atoms with Gasteiger partial charge in [-0.05, 0) is 50.5 Å². The zero-order valence-corrected chi connectivity index (χ0v) is 19.0. The molecule has 2 heterocycles. The lowest BCUT2D eigenvalue weighted by Gasteiger charge is -2.28. The van der Waals surface area contributed by atoms with Crippen LogP contribution in [0, 0.1) is 24.2 Å². The minimum absolute atomic E-state index is 0.0626. The lowest BCUT2D eigenvalue weighted by molar-refractivity contribution is -0.121. The quantitative estimate of drug-likeness (QED) is 0.469. The van der Waals surface area contributed by atoms with Gasteiger partial charge in [-0.1, -0.05) is 43.8 Å². The molecule has 31 heavy (non-hydrogen) atoms. The first-order valence-electron chi connectivity index (χ1n) is 10.0. The van der Waals surface area contributed by atoms with Crippen molar-refractivity contribution in [3.05, 3.63) is 58.5 Å². The third-order valence-electron chi connectivity index (χ3n) is 5.29. The fourth-order valence-corrected chi connectivity index (χ4v) is 3.77. The summed E-state index contributed by atoms with van der Waals surface area (Å²) >= 11 is 1.16. The number of nitriles is 1. The Hall–Kier alpha value is -3.18. The number of thioether (sulfide) groups is 1. The van der Waals surface area contributed by atoms with Crippen LogP contribution >= 0.6 is 11.8 Å². The average molecular weight is 436 g/mol. The summed E-state index contributed by atoms with van der Waals surface area (Å²) in [6.07, 6.45) is 1.68. The van der Waals surface area contributed by atoms with Crippen molar-refractivity contribution in [2.75, 3.05) is 0 Å². The Balaban J connectivity index is 2.04. The fraction of sp³-hybridized carbons (Fsp3) is 0.348. The molecule has 0 aliphatic heterocycles. The number of hydrogen-bond acceptors (Lipinski definition) is 6. The summed E-state index contributed by atoms with van der Waals surface area (Å²) in [6, 6.07) is 12.9. The smallest absolute Gasteiger partial charge is 0.267 e. The van der Waals surface area contributed by atoms with E-state index in [1.807, 2.05) is 32.9 Å². The molecule has 1 aromatic carbocycles. The van der Waals surface area contributed by atoms with E-state index < -0.39 is 10.8 Å². The minimum Gasteiger partial charge on any atom is -0.337 e. The van der Waals surface area contributed by atoms with E-state index in [0.29, 0.717) is 21.9 Å². The van der Waals surface area contributed by atoms with Crippen LogP contribution < -0.4 is 10.9 Å². The molecule has 2 aromatic heterocycles. The Morgan fingerprint density at radius 1 is 1.23 bits per heavy atom. The van der Waals surface area contributed by atoms with Gasteiger partial charge < -0.3 is 5.32 Å². The lowest BCUT2D eigenvalue weighted by Crippen LogP contribution is -2.51. The van der Waals surface area contributed by atoms with Crippen LogP contribution in [-0.4, -0.2) is 31.2 Å². The normalized spacial score (nSPS) is 14.1. The van der Waals surface area contributed by atoms with Gasteiger partial charge in [-0.25, -0.2) is 14.5 Å². The second kappa shape index (κ2) is 8.90. The number of rotatable bonds is 6. The molecule has 0 saturated heterocycles. The highest BCUT2D eigenvalue weighted by molar-refractivity contribution is 8.00. The molecular weight excluding hydrogens is 410 g/mol. The number of nitrogens with one attached hydrogen (secondary N) is 1. The molecule has 0 spiro atoms. The Labute approximate surface area is 185 Å². The number of carbonyl (C=O) groups excluding carboxylic acids is 1.